The Morgan fingerprint density at radius 2 is 2.17 bits per heavy atom. The average molecular weight is 311 g/mol. The molecular weight excluding hydrogens is 290 g/mol. The van der Waals surface area contributed by atoms with Gasteiger partial charge < -0.3 is 10.2 Å². The van der Waals surface area contributed by atoms with Crippen LogP contribution >= 0.6 is 0 Å². The van der Waals surface area contributed by atoms with Crippen molar-refractivity contribution in [3.8, 4) is 0 Å². The summed E-state index contributed by atoms with van der Waals surface area (Å²) in [5.74, 6) is 1.91. The minimum atomic E-state index is 0.219. The van der Waals surface area contributed by atoms with E-state index >= 15 is 0 Å². The zero-order chi connectivity index (χ0) is 16.1. The third-order valence-electron chi connectivity index (χ3n) is 4.09. The van der Waals surface area contributed by atoms with Gasteiger partial charge in [-0.05, 0) is 25.0 Å². The van der Waals surface area contributed by atoms with Crippen molar-refractivity contribution in [1.82, 2.24) is 19.9 Å². The summed E-state index contributed by atoms with van der Waals surface area (Å²) in [6.07, 6.45) is 7.89. The van der Waals surface area contributed by atoms with Gasteiger partial charge in [0, 0.05) is 31.6 Å². The fraction of sp³-hybridized carbons (Fsp3) is 0.412. The summed E-state index contributed by atoms with van der Waals surface area (Å²) in [6.45, 7) is 3.51. The molecule has 0 spiro atoms. The van der Waals surface area contributed by atoms with E-state index in [9.17, 15) is 4.79 Å². The molecule has 2 aromatic heterocycles. The summed E-state index contributed by atoms with van der Waals surface area (Å²) < 4.78 is 0. The summed E-state index contributed by atoms with van der Waals surface area (Å²) in [5, 5.41) is 3.12. The van der Waals surface area contributed by atoms with E-state index in [1.54, 1.807) is 18.6 Å². The predicted octanol–water partition coefficient (Wildman–Crippen LogP) is 2.73. The quantitative estimate of drug-likeness (QED) is 0.940. The Hall–Kier alpha value is -2.50. The highest BCUT2D eigenvalue weighted by atomic mass is 16.2. The molecule has 6 nitrogen and oxygen atoms in total. The van der Waals surface area contributed by atoms with Gasteiger partial charge in [-0.2, -0.15) is 0 Å². The summed E-state index contributed by atoms with van der Waals surface area (Å²) >= 11 is 0. The van der Waals surface area contributed by atoms with Crippen molar-refractivity contribution in [1.29, 1.82) is 0 Å². The lowest BCUT2D eigenvalue weighted by Crippen LogP contribution is -2.38. The highest BCUT2D eigenvalue weighted by Crippen LogP contribution is 2.26. The number of hydrogen-bond acceptors (Lipinski definition) is 5. The van der Waals surface area contributed by atoms with Gasteiger partial charge in [0.25, 0.3) is 0 Å². The number of aromatic nitrogens is 3. The van der Waals surface area contributed by atoms with Crippen molar-refractivity contribution in [2.75, 3.05) is 18.4 Å². The maximum absolute atomic E-state index is 11.9. The van der Waals surface area contributed by atoms with E-state index in [0.717, 1.165) is 37.4 Å². The first-order valence-electron chi connectivity index (χ1n) is 8.04. The number of hydrogen-bond donors (Lipinski definition) is 1. The van der Waals surface area contributed by atoms with E-state index in [1.165, 1.54) is 0 Å². The van der Waals surface area contributed by atoms with Crippen LogP contribution in [0.1, 0.15) is 37.8 Å². The summed E-state index contributed by atoms with van der Waals surface area (Å²) in [6, 6.07) is 5.66. The lowest BCUT2D eigenvalue weighted by molar-refractivity contribution is -0.132. The molecule has 1 unspecified atom stereocenters. The largest absolute Gasteiger partial charge is 0.342 e. The van der Waals surface area contributed by atoms with Crippen LogP contribution in [0.25, 0.3) is 0 Å². The number of nitrogens with one attached hydrogen (secondary N) is 1. The molecule has 1 aliphatic heterocycles. The summed E-state index contributed by atoms with van der Waals surface area (Å²) in [5.41, 5.74) is 0.949. The van der Waals surface area contributed by atoms with Gasteiger partial charge in [-0.25, -0.2) is 9.97 Å². The highest BCUT2D eigenvalue weighted by Gasteiger charge is 2.24. The molecule has 3 rings (SSSR count). The molecule has 0 aromatic carbocycles. The molecule has 1 saturated heterocycles. The van der Waals surface area contributed by atoms with Gasteiger partial charge in [0.2, 0.25) is 5.91 Å². The number of piperidine rings is 1. The first kappa shape index (κ1) is 15.4. The number of pyridine rings is 1. The normalized spacial score (nSPS) is 17.8. The number of anilines is 2. The highest BCUT2D eigenvalue weighted by molar-refractivity contribution is 5.76. The van der Waals surface area contributed by atoms with Gasteiger partial charge in [-0.15, -0.1) is 0 Å². The van der Waals surface area contributed by atoms with E-state index in [-0.39, 0.29) is 11.8 Å². The SMILES string of the molecule is CCC(=O)N1CCCC(c2cnc(Nc3ccccn3)cn2)C1. The van der Waals surface area contributed by atoms with Gasteiger partial charge >= 0.3 is 0 Å². The minimum absolute atomic E-state index is 0.219. The fourth-order valence-corrected chi connectivity index (χ4v) is 2.85. The third kappa shape index (κ3) is 3.83. The van der Waals surface area contributed by atoms with Crippen LogP contribution in [0.15, 0.2) is 36.8 Å². The predicted molar refractivity (Wildman–Crippen MR) is 88.4 cm³/mol. The van der Waals surface area contributed by atoms with E-state index in [0.29, 0.717) is 12.2 Å². The Morgan fingerprint density at radius 1 is 1.26 bits per heavy atom. The van der Waals surface area contributed by atoms with Crippen molar-refractivity contribution in [2.24, 2.45) is 0 Å². The lowest BCUT2D eigenvalue weighted by Gasteiger charge is -2.32. The maximum atomic E-state index is 11.9. The monoisotopic (exact) mass is 311 g/mol. The maximum Gasteiger partial charge on any atom is 0.222 e. The molecule has 120 valence electrons. The molecule has 1 N–H and O–H groups in total. The zero-order valence-electron chi connectivity index (χ0n) is 13.3. The molecule has 1 atom stereocenters. The average Bonchev–Trinajstić information content (AvgIpc) is 2.62. The second-order valence-electron chi connectivity index (χ2n) is 5.70. The molecule has 0 bridgehead atoms. The summed E-state index contributed by atoms with van der Waals surface area (Å²) in [4.78, 5) is 27.0. The molecule has 0 saturated carbocycles. The van der Waals surface area contributed by atoms with Crippen LogP contribution in [0.3, 0.4) is 0 Å². The second kappa shape index (κ2) is 7.17. The molecule has 2 aromatic rings. The molecule has 1 aliphatic rings. The van der Waals surface area contributed by atoms with E-state index in [4.69, 9.17) is 0 Å². The van der Waals surface area contributed by atoms with Crippen molar-refractivity contribution in [3.63, 3.8) is 0 Å². The second-order valence-corrected chi connectivity index (χ2v) is 5.70. The van der Waals surface area contributed by atoms with E-state index in [2.05, 4.69) is 20.3 Å². The van der Waals surface area contributed by atoms with Crippen LogP contribution in [0, 0.1) is 0 Å². The van der Waals surface area contributed by atoms with Gasteiger partial charge in [-0.3, -0.25) is 9.78 Å². The molecular formula is C17H21N5O. The smallest absolute Gasteiger partial charge is 0.222 e. The Bertz CT molecular complexity index is 644. The molecule has 23 heavy (non-hydrogen) atoms. The van der Waals surface area contributed by atoms with Gasteiger partial charge in [-0.1, -0.05) is 13.0 Å². The number of nitrogens with zero attached hydrogens (tertiary/aromatic N) is 4. The lowest BCUT2D eigenvalue weighted by atomic mass is 9.95. The van der Waals surface area contributed by atoms with Gasteiger partial charge in [0.05, 0.1) is 18.1 Å². The van der Waals surface area contributed by atoms with Crippen LogP contribution in [0.5, 0.6) is 0 Å². The van der Waals surface area contributed by atoms with Crippen LogP contribution in [-0.4, -0.2) is 38.8 Å². The number of carbonyl (C=O) groups is 1. The Labute approximate surface area is 136 Å². The van der Waals surface area contributed by atoms with Crippen molar-refractivity contribution in [2.45, 2.75) is 32.1 Å². The van der Waals surface area contributed by atoms with Crippen LogP contribution in [0.4, 0.5) is 11.6 Å². The van der Waals surface area contributed by atoms with Crippen LogP contribution in [0.2, 0.25) is 0 Å². The van der Waals surface area contributed by atoms with Crippen molar-refractivity contribution < 1.29 is 4.79 Å². The topological polar surface area (TPSA) is 71.0 Å². The number of carbonyl (C=O) groups excluding carboxylic acids is 1. The minimum Gasteiger partial charge on any atom is -0.342 e. The molecule has 0 aliphatic carbocycles. The number of amides is 1. The van der Waals surface area contributed by atoms with Crippen molar-refractivity contribution in [3.05, 3.63) is 42.5 Å². The molecule has 3 heterocycles. The molecule has 1 fully saturated rings. The number of likely N-dealkylation sites (tertiary alicyclic amines) is 1. The Balaban J connectivity index is 1.66. The first-order valence-corrected chi connectivity index (χ1v) is 8.04. The number of rotatable bonds is 4. The van der Waals surface area contributed by atoms with Crippen molar-refractivity contribution >= 4 is 17.5 Å². The fourth-order valence-electron chi connectivity index (χ4n) is 2.85. The van der Waals surface area contributed by atoms with Gasteiger partial charge in [0.15, 0.2) is 0 Å². The third-order valence-corrected chi connectivity index (χ3v) is 4.09. The Morgan fingerprint density at radius 3 is 2.87 bits per heavy atom. The van der Waals surface area contributed by atoms with E-state index in [1.807, 2.05) is 30.0 Å². The first-order chi connectivity index (χ1) is 11.3. The van der Waals surface area contributed by atoms with Crippen LogP contribution < -0.4 is 5.32 Å². The standard InChI is InChI=1S/C17H21N5O/c1-2-17(23)22-9-5-6-13(12-22)14-10-20-16(11-19-14)21-15-7-3-4-8-18-15/h3-4,7-8,10-11,13H,2,5-6,9,12H2,1H3,(H,18,20,21). The zero-order valence-corrected chi connectivity index (χ0v) is 13.3. The molecule has 0 radical (unpaired) electrons. The Kier molecular flexibility index (Phi) is 4.80. The van der Waals surface area contributed by atoms with Crippen LogP contribution in [-0.2, 0) is 4.79 Å². The van der Waals surface area contributed by atoms with Gasteiger partial charge in [0.1, 0.15) is 11.6 Å². The molecule has 1 amide bonds. The summed E-state index contributed by atoms with van der Waals surface area (Å²) in [7, 11) is 0. The van der Waals surface area contributed by atoms with E-state index < -0.39 is 0 Å². The molecule has 6 heteroatoms.